The molecule has 14 atom stereocenters. The molecule has 5 N–H and O–H groups in total. The molecule has 0 aliphatic carbocycles. The molecule has 3 rings (SSSR count). The van der Waals surface area contributed by atoms with Gasteiger partial charge < -0.3 is 39.7 Å². The van der Waals surface area contributed by atoms with Crippen molar-refractivity contribution in [3.05, 3.63) is 0 Å². The maximum Gasteiger partial charge on any atom is 0.107 e. The van der Waals surface area contributed by atoms with Gasteiger partial charge in [0.15, 0.2) is 0 Å². The van der Waals surface area contributed by atoms with Gasteiger partial charge in [-0.3, -0.25) is 0 Å². The Kier molecular flexibility index (Phi) is 19.5. The van der Waals surface area contributed by atoms with Gasteiger partial charge in [-0.05, 0) is 60.6 Å². The molecule has 6 unspecified atom stereocenters. The summed E-state index contributed by atoms with van der Waals surface area (Å²) in [6.07, 6.45) is -3.35. The molecule has 0 radical (unpaired) electrons. The van der Waals surface area contributed by atoms with Crippen LogP contribution in [0, 0.1) is 72.4 Å². The third-order valence-electron chi connectivity index (χ3n) is 13.2. The third-order valence-corrected chi connectivity index (χ3v) is 13.2. The quantitative estimate of drug-likeness (QED) is 0.176. The number of ether oxygens (including phenoxy) is 3. The lowest BCUT2D eigenvalue weighted by Crippen LogP contribution is -2.63. The summed E-state index contributed by atoms with van der Waals surface area (Å²) in [5.74, 6) is 0.307. The van der Waals surface area contributed by atoms with Crippen molar-refractivity contribution in [1.29, 1.82) is 0 Å². The fourth-order valence-electron chi connectivity index (χ4n) is 10.4. The predicted molar refractivity (Wildman–Crippen MR) is 253 cm³/mol. The average Bonchev–Trinajstić information content (AvgIpc) is 3.34. The first-order chi connectivity index (χ1) is 25.6. The lowest BCUT2D eigenvalue weighted by molar-refractivity contribution is -0.264. The zero-order valence-corrected chi connectivity index (χ0v) is 43.8. The molecule has 3 fully saturated rings. The summed E-state index contributed by atoms with van der Waals surface area (Å²) in [5.41, 5.74) is -0.553. The van der Waals surface area contributed by atoms with E-state index in [0.717, 1.165) is 0 Å². The summed E-state index contributed by atoms with van der Waals surface area (Å²) < 4.78 is 18.8. The standard InChI is InChI=1S/C18H36O3.C17H34O3.C16H32O2.CH4/c1-16(2,3)12-11(10-19)21-15(18(7,8)9)14(20)13(12)17(4,5)6;1-15(2,3)10-11(18)12(19)14(17(7,8)9)20-13(10)16(4,5)6;1-14(2,3)10-11(17)13(16(7,8)9)18-12(10)15(4,5)6;/h11-15,19-20H,10H2,1-9H3;10-14,18-19H,1-9H3;10-13,17H,1-9H3;1H4/t11?,12-,13+,14?,15-;10-,11-,12?,13?,14+;10-,11+,12?,13?;/m100./s1. The monoisotopic (exact) mass is 859 g/mol. The molecule has 3 aliphatic heterocycles. The van der Waals surface area contributed by atoms with Gasteiger partial charge in [-0.2, -0.15) is 0 Å². The largest absolute Gasteiger partial charge is 0.394 e. The Morgan fingerprint density at radius 1 is 0.283 bits per heavy atom. The van der Waals surface area contributed by atoms with Gasteiger partial charge in [-0.15, -0.1) is 0 Å². The lowest BCUT2D eigenvalue weighted by atomic mass is 9.57. The minimum Gasteiger partial charge on any atom is -0.394 e. The minimum absolute atomic E-state index is 0. The molecule has 3 aliphatic rings. The van der Waals surface area contributed by atoms with Crippen LogP contribution < -0.4 is 0 Å². The second-order valence-corrected chi connectivity index (χ2v) is 28.6. The van der Waals surface area contributed by atoms with Gasteiger partial charge in [0.25, 0.3) is 0 Å². The highest BCUT2D eigenvalue weighted by Gasteiger charge is 2.57. The second-order valence-electron chi connectivity index (χ2n) is 28.6. The average molecular weight is 859 g/mol. The molecular weight excluding hydrogens is 753 g/mol. The van der Waals surface area contributed by atoms with E-state index in [9.17, 15) is 25.5 Å². The van der Waals surface area contributed by atoms with E-state index in [2.05, 4.69) is 166 Å². The van der Waals surface area contributed by atoms with Gasteiger partial charge in [0.2, 0.25) is 0 Å². The van der Waals surface area contributed by atoms with Crippen molar-refractivity contribution < 1.29 is 39.7 Å². The fraction of sp³-hybridized carbons (Fsp3) is 1.00. The highest BCUT2D eigenvalue weighted by atomic mass is 16.5. The first kappa shape index (κ1) is 59.7. The summed E-state index contributed by atoms with van der Waals surface area (Å²) >= 11 is 0. The Hall–Kier alpha value is -0.320. The molecule has 0 saturated carbocycles. The summed E-state index contributed by atoms with van der Waals surface area (Å²) in [6, 6.07) is 0. The molecule has 60 heavy (non-hydrogen) atoms. The molecule has 0 spiro atoms. The molecule has 8 nitrogen and oxygen atoms in total. The molecule has 0 amide bonds. The van der Waals surface area contributed by atoms with Crippen molar-refractivity contribution in [1.82, 2.24) is 0 Å². The Labute approximate surface area is 373 Å². The number of aliphatic hydroxyl groups is 5. The van der Waals surface area contributed by atoms with Crippen LogP contribution in [0.15, 0.2) is 0 Å². The number of rotatable bonds is 1. The van der Waals surface area contributed by atoms with E-state index in [-0.39, 0.29) is 129 Å². The molecule has 0 bridgehead atoms. The molecule has 0 aromatic carbocycles. The van der Waals surface area contributed by atoms with Crippen LogP contribution in [0.4, 0.5) is 0 Å². The van der Waals surface area contributed by atoms with Crippen LogP contribution in [-0.2, 0) is 14.2 Å². The van der Waals surface area contributed by atoms with E-state index in [1.807, 2.05) is 20.8 Å². The maximum atomic E-state index is 11.0. The smallest absolute Gasteiger partial charge is 0.107 e. The van der Waals surface area contributed by atoms with Gasteiger partial charge in [0.1, 0.15) is 6.10 Å². The Balaban J connectivity index is 0.000000866. The van der Waals surface area contributed by atoms with E-state index in [0.29, 0.717) is 0 Å². The predicted octanol–water partition coefficient (Wildman–Crippen LogP) is 11.2. The number of hydrogen-bond donors (Lipinski definition) is 5. The zero-order chi connectivity index (χ0) is 47.4. The zero-order valence-electron chi connectivity index (χ0n) is 43.8. The van der Waals surface area contributed by atoms with Crippen molar-refractivity contribution >= 4 is 0 Å². The summed E-state index contributed by atoms with van der Waals surface area (Å²) in [6.45, 7) is 57.9. The van der Waals surface area contributed by atoms with Crippen LogP contribution in [0.25, 0.3) is 0 Å². The second kappa shape index (κ2) is 19.6. The van der Waals surface area contributed by atoms with E-state index in [1.165, 1.54) is 0 Å². The van der Waals surface area contributed by atoms with Crippen molar-refractivity contribution in [2.24, 2.45) is 72.4 Å². The first-order valence-corrected chi connectivity index (χ1v) is 22.9. The van der Waals surface area contributed by atoms with E-state index >= 15 is 0 Å². The summed E-state index contributed by atoms with van der Waals surface area (Å²) in [7, 11) is 0. The Morgan fingerprint density at radius 2 is 0.517 bits per heavy atom. The van der Waals surface area contributed by atoms with Crippen LogP contribution in [0.3, 0.4) is 0 Å². The topological polar surface area (TPSA) is 129 Å². The summed E-state index contributed by atoms with van der Waals surface area (Å²) in [4.78, 5) is 0. The Bertz CT molecular complexity index is 1280. The van der Waals surface area contributed by atoms with Crippen molar-refractivity contribution in [3.8, 4) is 0 Å². The van der Waals surface area contributed by atoms with Crippen LogP contribution in [0.5, 0.6) is 0 Å². The molecule has 8 heteroatoms. The van der Waals surface area contributed by atoms with Crippen LogP contribution in [0.1, 0.15) is 194 Å². The van der Waals surface area contributed by atoms with Crippen molar-refractivity contribution in [2.45, 2.75) is 255 Å². The Morgan fingerprint density at radius 3 is 0.750 bits per heavy atom. The molecule has 3 saturated heterocycles. The SMILES string of the molecule is C.CC(C)(C)C1OC(C(C)(C)C)[C@H](O)[C@@H]1C(C)(C)C.CC(C)(C)C1O[C@@H](C(C)(C)C)C(O)[C@@H](O)[C@@H]1C(C)(C)C.CC(C)(C)[C@@H]1OC(CO)[C@@H](C(C)(C)C)[C@H](C(C)(C)C)C1O. The van der Waals surface area contributed by atoms with E-state index in [4.69, 9.17) is 14.2 Å². The van der Waals surface area contributed by atoms with E-state index < -0.39 is 18.3 Å². The molecule has 0 aromatic heterocycles. The van der Waals surface area contributed by atoms with Gasteiger partial charge in [-0.25, -0.2) is 0 Å². The maximum absolute atomic E-state index is 11.0. The molecular formula is C52H106O8. The van der Waals surface area contributed by atoms with Crippen LogP contribution in [-0.4, -0.2) is 93.2 Å². The van der Waals surface area contributed by atoms with Crippen LogP contribution >= 0.6 is 0 Å². The molecule has 362 valence electrons. The lowest BCUT2D eigenvalue weighted by Gasteiger charge is -2.56. The molecule has 0 aromatic rings. The minimum atomic E-state index is -0.835. The van der Waals surface area contributed by atoms with Crippen molar-refractivity contribution in [3.63, 3.8) is 0 Å². The highest BCUT2D eigenvalue weighted by Crippen LogP contribution is 2.53. The van der Waals surface area contributed by atoms with Gasteiger partial charge in [-0.1, -0.05) is 194 Å². The highest BCUT2D eigenvalue weighted by molar-refractivity contribution is 5.05. The number of hydrogen-bond acceptors (Lipinski definition) is 8. The van der Waals surface area contributed by atoms with Gasteiger partial charge in [0, 0.05) is 11.8 Å². The van der Waals surface area contributed by atoms with Crippen molar-refractivity contribution in [2.75, 3.05) is 6.61 Å². The third kappa shape index (κ3) is 14.9. The summed E-state index contributed by atoms with van der Waals surface area (Å²) in [5, 5.41) is 52.9. The fourth-order valence-corrected chi connectivity index (χ4v) is 10.4. The van der Waals surface area contributed by atoms with Crippen LogP contribution in [0.2, 0.25) is 0 Å². The van der Waals surface area contributed by atoms with Gasteiger partial charge >= 0.3 is 0 Å². The van der Waals surface area contributed by atoms with Gasteiger partial charge in [0.05, 0.1) is 61.5 Å². The molecule has 3 heterocycles. The first-order valence-electron chi connectivity index (χ1n) is 22.9. The normalized spacial score (nSPS) is 35.4. The number of aliphatic hydroxyl groups excluding tert-OH is 5. The van der Waals surface area contributed by atoms with E-state index in [1.54, 1.807) is 0 Å².